The molecule has 7 heteroatoms. The maximum absolute atomic E-state index is 14.2. The van der Waals surface area contributed by atoms with E-state index in [4.69, 9.17) is 4.74 Å². The third-order valence-electron chi connectivity index (χ3n) is 16.0. The van der Waals surface area contributed by atoms with Gasteiger partial charge in [0.2, 0.25) is 5.91 Å². The second-order valence-corrected chi connectivity index (χ2v) is 22.9. The smallest absolute Gasteiger partial charge is 0.305 e. The zero-order valence-electron chi connectivity index (χ0n) is 49.2. The fourth-order valence-electron chi connectivity index (χ4n) is 11.0. The Balaban J connectivity index is 2.76. The van der Waals surface area contributed by atoms with Gasteiger partial charge in [0.05, 0.1) is 13.2 Å². The monoisotopic (exact) mass is 1000 g/mol. The fourth-order valence-corrected chi connectivity index (χ4v) is 11.0. The highest BCUT2D eigenvalue weighted by Crippen LogP contribution is 2.22. The van der Waals surface area contributed by atoms with Gasteiger partial charge in [-0.2, -0.15) is 0 Å². The number of likely N-dealkylation sites (tertiary alicyclic amines) is 1. The van der Waals surface area contributed by atoms with Gasteiger partial charge in [-0.25, -0.2) is 0 Å². The minimum atomic E-state index is -0.00493. The van der Waals surface area contributed by atoms with Crippen molar-refractivity contribution in [2.75, 3.05) is 78.6 Å². The number of carbonyl (C=O) groups is 2. The predicted octanol–water partition coefficient (Wildman–Crippen LogP) is 18.2. The van der Waals surface area contributed by atoms with Crippen LogP contribution in [-0.4, -0.2) is 110 Å². The van der Waals surface area contributed by atoms with Crippen LogP contribution in [0.2, 0.25) is 0 Å². The Hall–Kier alpha value is -1.18. The molecule has 0 saturated carbocycles. The zero-order valence-corrected chi connectivity index (χ0v) is 49.2. The second kappa shape index (κ2) is 53.6. The first-order chi connectivity index (χ1) is 35.0. The number of nitrogens with zero attached hydrogens (tertiary/aromatic N) is 4. The van der Waals surface area contributed by atoms with Crippen LogP contribution in [0.25, 0.3) is 0 Å². The van der Waals surface area contributed by atoms with Crippen molar-refractivity contribution >= 4 is 11.9 Å². The van der Waals surface area contributed by atoms with E-state index in [1.165, 1.54) is 264 Å². The number of hydrogen-bond donors (Lipinski definition) is 0. The summed E-state index contributed by atoms with van der Waals surface area (Å²) < 4.78 is 5.55. The van der Waals surface area contributed by atoms with Crippen LogP contribution in [0.15, 0.2) is 0 Å². The van der Waals surface area contributed by atoms with Gasteiger partial charge in [0.15, 0.2) is 0 Å². The molecule has 1 atom stereocenters. The molecule has 1 aliphatic heterocycles. The van der Waals surface area contributed by atoms with Gasteiger partial charge >= 0.3 is 5.97 Å². The minimum absolute atomic E-state index is 0.00493. The molecular formula is C64H128N4O3. The molecule has 0 aromatic carbocycles. The van der Waals surface area contributed by atoms with Crippen LogP contribution < -0.4 is 0 Å². The zero-order chi connectivity index (χ0) is 51.3. The van der Waals surface area contributed by atoms with Crippen LogP contribution in [0.3, 0.4) is 0 Å². The van der Waals surface area contributed by atoms with Crippen LogP contribution >= 0.6 is 0 Å². The third-order valence-corrected chi connectivity index (χ3v) is 16.0. The molecule has 7 nitrogen and oxygen atoms in total. The van der Waals surface area contributed by atoms with Gasteiger partial charge in [-0.15, -0.1) is 0 Å². The Bertz CT molecular complexity index is 1090. The predicted molar refractivity (Wildman–Crippen MR) is 312 cm³/mol. The quantitative estimate of drug-likeness (QED) is 0.0447. The summed E-state index contributed by atoms with van der Waals surface area (Å²) in [4.78, 5) is 36.9. The summed E-state index contributed by atoms with van der Waals surface area (Å²) in [5, 5.41) is 0. The Morgan fingerprint density at radius 1 is 0.380 bits per heavy atom. The third kappa shape index (κ3) is 44.8. The normalized spacial score (nSPS) is 14.0. The first-order valence-electron chi connectivity index (χ1n) is 32.6. The molecule has 0 N–H and O–H groups in total. The van der Waals surface area contributed by atoms with E-state index in [1.54, 1.807) is 0 Å². The van der Waals surface area contributed by atoms with Crippen LogP contribution in [0.4, 0.5) is 0 Å². The van der Waals surface area contributed by atoms with Crippen LogP contribution in [0.5, 0.6) is 0 Å². The summed E-state index contributed by atoms with van der Waals surface area (Å²) in [5.41, 5.74) is 0. The molecule has 1 aliphatic rings. The van der Waals surface area contributed by atoms with Crippen LogP contribution in [0, 0.1) is 5.92 Å². The van der Waals surface area contributed by atoms with Crippen LogP contribution in [0.1, 0.15) is 317 Å². The average molecular weight is 1000 g/mol. The van der Waals surface area contributed by atoms with Crippen molar-refractivity contribution in [2.45, 2.75) is 317 Å². The largest absolute Gasteiger partial charge is 0.466 e. The van der Waals surface area contributed by atoms with Gasteiger partial charge in [-0.3, -0.25) is 14.5 Å². The summed E-state index contributed by atoms with van der Waals surface area (Å²) in [5.74, 6) is 0.982. The van der Waals surface area contributed by atoms with Gasteiger partial charge in [-0.05, 0) is 103 Å². The maximum Gasteiger partial charge on any atom is 0.305 e. The Kier molecular flexibility index (Phi) is 51.2. The van der Waals surface area contributed by atoms with E-state index in [9.17, 15) is 9.59 Å². The lowest BCUT2D eigenvalue weighted by molar-refractivity contribution is -0.144. The van der Waals surface area contributed by atoms with Crippen molar-refractivity contribution < 1.29 is 14.3 Å². The van der Waals surface area contributed by atoms with Crippen molar-refractivity contribution in [3.63, 3.8) is 0 Å². The summed E-state index contributed by atoms with van der Waals surface area (Å²) in [6, 6.07) is 0. The number of amides is 1. The molecule has 1 amide bonds. The molecule has 71 heavy (non-hydrogen) atoms. The summed E-state index contributed by atoms with van der Waals surface area (Å²) in [6.07, 6.45) is 57.1. The molecule has 0 spiro atoms. The lowest BCUT2D eigenvalue weighted by Gasteiger charge is -2.29. The molecular weight excluding hydrogens is 873 g/mol. The highest BCUT2D eigenvalue weighted by Gasteiger charge is 2.27. The van der Waals surface area contributed by atoms with E-state index >= 15 is 0 Å². The average Bonchev–Trinajstić information content (AvgIpc) is 3.86. The molecule has 0 aromatic rings. The topological polar surface area (TPSA) is 56.3 Å². The van der Waals surface area contributed by atoms with E-state index in [-0.39, 0.29) is 5.97 Å². The van der Waals surface area contributed by atoms with Crippen molar-refractivity contribution in [3.8, 4) is 0 Å². The van der Waals surface area contributed by atoms with Crippen molar-refractivity contribution in [2.24, 2.45) is 5.92 Å². The van der Waals surface area contributed by atoms with Crippen LogP contribution in [-0.2, 0) is 14.3 Å². The SMILES string of the molecule is CCCCCCCCCCCCCCN(CCCCCC(=O)OCCCCCCC)CCC1CCN(C(=O)CN(CCCCCCCCC)CCN(CCCCCCCCC)CCCCCCCCC)C1. The van der Waals surface area contributed by atoms with E-state index < -0.39 is 0 Å². The number of rotatable bonds is 57. The Morgan fingerprint density at radius 2 is 0.704 bits per heavy atom. The summed E-state index contributed by atoms with van der Waals surface area (Å²) in [6.45, 7) is 23.7. The lowest BCUT2D eigenvalue weighted by atomic mass is 10.0. The molecule has 0 aromatic heterocycles. The fraction of sp³-hybridized carbons (Fsp3) is 0.969. The molecule has 0 aliphatic carbocycles. The molecule has 1 unspecified atom stereocenters. The molecule has 1 saturated heterocycles. The van der Waals surface area contributed by atoms with Crippen molar-refractivity contribution in [3.05, 3.63) is 0 Å². The molecule has 1 fully saturated rings. The second-order valence-electron chi connectivity index (χ2n) is 22.9. The van der Waals surface area contributed by atoms with E-state index in [0.29, 0.717) is 31.4 Å². The van der Waals surface area contributed by atoms with E-state index in [1.807, 2.05) is 0 Å². The first-order valence-corrected chi connectivity index (χ1v) is 32.6. The van der Waals surface area contributed by atoms with Gasteiger partial charge in [0.25, 0.3) is 0 Å². The molecule has 422 valence electrons. The summed E-state index contributed by atoms with van der Waals surface area (Å²) >= 11 is 0. The summed E-state index contributed by atoms with van der Waals surface area (Å²) in [7, 11) is 0. The van der Waals surface area contributed by atoms with Crippen molar-refractivity contribution in [1.29, 1.82) is 0 Å². The number of hydrogen-bond acceptors (Lipinski definition) is 6. The standard InChI is InChI=1S/C64H128N4O3/c1-6-11-16-21-25-26-27-28-29-33-36-41-50-65(51-45-39-40-47-64(70)71-59-46-38-20-15-10-5)55-48-62-49-56-68(60-62)63(69)61-67(54-44-37-32-24-19-14-9-4)58-57-66(52-42-34-30-22-17-12-7-2)53-43-35-31-23-18-13-8-3/h62H,6-61H2,1-5H3. The van der Waals surface area contributed by atoms with E-state index in [2.05, 4.69) is 54.2 Å². The molecule has 1 rings (SSSR count). The molecule has 1 heterocycles. The Labute approximate surface area is 445 Å². The van der Waals surface area contributed by atoms with E-state index in [0.717, 1.165) is 77.9 Å². The number of ether oxygens (including phenoxy) is 1. The highest BCUT2D eigenvalue weighted by molar-refractivity contribution is 5.78. The van der Waals surface area contributed by atoms with Gasteiger partial charge in [0.1, 0.15) is 0 Å². The van der Waals surface area contributed by atoms with Gasteiger partial charge in [-0.1, -0.05) is 253 Å². The highest BCUT2D eigenvalue weighted by atomic mass is 16.5. The minimum Gasteiger partial charge on any atom is -0.466 e. The first kappa shape index (κ1) is 67.8. The molecule has 0 bridgehead atoms. The number of esters is 1. The number of unbranched alkanes of at least 4 members (excludes halogenated alkanes) is 35. The van der Waals surface area contributed by atoms with Gasteiger partial charge < -0.3 is 19.4 Å². The molecule has 0 radical (unpaired) electrons. The number of carbonyl (C=O) groups excluding carboxylic acids is 2. The lowest BCUT2D eigenvalue weighted by Crippen LogP contribution is -2.43. The Morgan fingerprint density at radius 3 is 1.11 bits per heavy atom. The van der Waals surface area contributed by atoms with Crippen molar-refractivity contribution in [1.82, 2.24) is 19.6 Å². The maximum atomic E-state index is 14.2. The van der Waals surface area contributed by atoms with Gasteiger partial charge in [0, 0.05) is 32.6 Å².